The lowest BCUT2D eigenvalue weighted by Crippen LogP contribution is -1.80. The second-order valence-electron chi connectivity index (χ2n) is 12.4. The Morgan fingerprint density at radius 3 is 0.943 bits per heavy atom. The molecule has 0 heteroatoms. The second kappa shape index (κ2) is 22.6. The molecule has 8 rings (SSSR count). The highest BCUT2D eigenvalue weighted by Crippen LogP contribution is 2.23. The van der Waals surface area contributed by atoms with E-state index in [-0.39, 0.29) is 0 Å². The molecule has 0 N–H and O–H groups in total. The molecule has 8 aromatic carbocycles. The first-order valence-corrected chi connectivity index (χ1v) is 18.5. The number of benzene rings is 8. The molecule has 0 saturated carbocycles. The molecule has 53 heavy (non-hydrogen) atoms. The summed E-state index contributed by atoms with van der Waals surface area (Å²) in [5.41, 5.74) is 14.2. The molecule has 0 radical (unpaired) electrons. The van der Waals surface area contributed by atoms with Gasteiger partial charge in [0.25, 0.3) is 0 Å². The first-order chi connectivity index (χ1) is 26.1. The third kappa shape index (κ3) is 13.4. The van der Waals surface area contributed by atoms with Crippen molar-refractivity contribution in [3.8, 4) is 44.5 Å². The van der Waals surface area contributed by atoms with Gasteiger partial charge in [-0.25, -0.2) is 0 Å². The summed E-state index contributed by atoms with van der Waals surface area (Å²) in [6, 6.07) is 77.7. The Bertz CT molecular complexity index is 2080. The van der Waals surface area contributed by atoms with Crippen LogP contribution in [0, 0.1) is 20.8 Å². The van der Waals surface area contributed by atoms with E-state index in [2.05, 4.69) is 215 Å². The van der Waals surface area contributed by atoms with Crippen LogP contribution in [0.5, 0.6) is 0 Å². The molecular weight excluding hydrogens is 637 g/mol. The van der Waals surface area contributed by atoms with Crippen molar-refractivity contribution in [3.05, 3.63) is 241 Å². The minimum atomic E-state index is 1.28. The van der Waals surface area contributed by atoms with Crippen LogP contribution in [-0.2, 0) is 0 Å². The average Bonchev–Trinajstić information content (AvgIpc) is 3.24. The summed E-state index contributed by atoms with van der Waals surface area (Å²) in [4.78, 5) is 0. The van der Waals surface area contributed by atoms with Crippen molar-refractivity contribution in [1.82, 2.24) is 0 Å². The summed E-state index contributed by atoms with van der Waals surface area (Å²) < 4.78 is 0. The molecule has 0 aliphatic carbocycles. The molecule has 0 saturated heterocycles. The van der Waals surface area contributed by atoms with Crippen molar-refractivity contribution in [2.75, 3.05) is 0 Å². The highest BCUT2D eigenvalue weighted by atomic mass is 14.0. The molecule has 0 aliphatic rings. The van der Waals surface area contributed by atoms with Gasteiger partial charge in [-0.05, 0) is 70.8 Å². The first kappa shape index (κ1) is 39.5. The summed E-state index contributed by atoms with van der Waals surface area (Å²) >= 11 is 0. The summed E-state index contributed by atoms with van der Waals surface area (Å²) in [5.74, 6) is 0. The molecule has 0 bridgehead atoms. The van der Waals surface area contributed by atoms with Crippen LogP contribution in [0.25, 0.3) is 44.5 Å². The van der Waals surface area contributed by atoms with Crippen LogP contribution in [0.4, 0.5) is 0 Å². The largest absolute Gasteiger partial charge is 0.0683 e. The van der Waals surface area contributed by atoms with Crippen molar-refractivity contribution in [2.45, 2.75) is 34.6 Å². The maximum atomic E-state index is 2.20. The molecule has 264 valence electrons. The zero-order chi connectivity index (χ0) is 37.5. The van der Waals surface area contributed by atoms with Crippen LogP contribution in [0.15, 0.2) is 224 Å². The van der Waals surface area contributed by atoms with Gasteiger partial charge in [0, 0.05) is 0 Å². The molecule has 0 aromatic heterocycles. The average molecular weight is 689 g/mol. The van der Waals surface area contributed by atoms with Gasteiger partial charge in [0.2, 0.25) is 0 Å². The van der Waals surface area contributed by atoms with Crippen LogP contribution in [-0.4, -0.2) is 0 Å². The Labute approximate surface area is 319 Å². The summed E-state index contributed by atoms with van der Waals surface area (Å²) in [6.45, 7) is 10.4. The Balaban J connectivity index is 0.000000155. The van der Waals surface area contributed by atoms with Crippen molar-refractivity contribution in [3.63, 3.8) is 0 Å². The molecule has 8 aromatic rings. The van der Waals surface area contributed by atoms with Gasteiger partial charge in [-0.1, -0.05) is 249 Å². The van der Waals surface area contributed by atoms with E-state index in [1.165, 1.54) is 61.2 Å². The smallest absolute Gasteiger partial charge is 0.0155 e. The van der Waals surface area contributed by atoms with E-state index in [1.807, 2.05) is 44.2 Å². The van der Waals surface area contributed by atoms with E-state index in [9.17, 15) is 0 Å². The van der Waals surface area contributed by atoms with E-state index < -0.39 is 0 Å². The SMILES string of the molecule is CC.Cc1ccc(-c2ccccc2)cc1.Cc1cccc(-c2ccccc2)c1.Cc1ccccc1-c1ccccc1.c1ccc(-c2ccccc2)cc1. The van der Waals surface area contributed by atoms with E-state index in [0.29, 0.717) is 0 Å². The topological polar surface area (TPSA) is 0 Å². The zero-order valence-corrected chi connectivity index (χ0v) is 31.9. The monoisotopic (exact) mass is 688 g/mol. The third-order valence-electron chi connectivity index (χ3n) is 8.39. The van der Waals surface area contributed by atoms with Crippen molar-refractivity contribution < 1.29 is 0 Å². The van der Waals surface area contributed by atoms with Gasteiger partial charge in [0.1, 0.15) is 0 Å². The van der Waals surface area contributed by atoms with Crippen molar-refractivity contribution in [2.24, 2.45) is 0 Å². The van der Waals surface area contributed by atoms with Gasteiger partial charge in [-0.2, -0.15) is 0 Å². The maximum absolute atomic E-state index is 2.20. The first-order valence-electron chi connectivity index (χ1n) is 18.5. The molecule has 0 nitrogen and oxygen atoms in total. The van der Waals surface area contributed by atoms with Crippen molar-refractivity contribution >= 4 is 0 Å². The lowest BCUT2D eigenvalue weighted by atomic mass is 10.0. The maximum Gasteiger partial charge on any atom is -0.0155 e. The molecule has 0 atom stereocenters. The number of aryl methyl sites for hydroxylation is 3. The molecule has 0 spiro atoms. The van der Waals surface area contributed by atoms with Crippen LogP contribution in [0.2, 0.25) is 0 Å². The summed E-state index contributed by atoms with van der Waals surface area (Å²) in [7, 11) is 0. The highest BCUT2D eigenvalue weighted by Gasteiger charge is 1.98. The minimum Gasteiger partial charge on any atom is -0.0683 e. The van der Waals surface area contributed by atoms with Crippen LogP contribution in [0.1, 0.15) is 30.5 Å². The van der Waals surface area contributed by atoms with Gasteiger partial charge in [0.05, 0.1) is 0 Å². The quantitative estimate of drug-likeness (QED) is 0.173. The van der Waals surface area contributed by atoms with Crippen molar-refractivity contribution in [1.29, 1.82) is 0 Å². The summed E-state index contributed by atoms with van der Waals surface area (Å²) in [6.07, 6.45) is 0. The lowest BCUT2D eigenvalue weighted by Gasteiger charge is -2.04. The van der Waals surface area contributed by atoms with Crippen LogP contribution in [0.3, 0.4) is 0 Å². The normalized spacial score (nSPS) is 9.60. The van der Waals surface area contributed by atoms with E-state index in [4.69, 9.17) is 0 Å². The van der Waals surface area contributed by atoms with Gasteiger partial charge >= 0.3 is 0 Å². The summed E-state index contributed by atoms with van der Waals surface area (Å²) in [5, 5.41) is 0. The standard InChI is InChI=1S/3C13H12.C12H10.C2H6/c1-11-7-5-6-10-13(11)12-8-3-2-4-9-12;1-11-6-5-9-13(10-11)12-7-3-2-4-8-12;1-11-7-9-13(10-8-11)12-5-3-2-4-6-12;1-3-7-11(8-4-1)12-9-5-2-6-10-12;1-2/h3*2-10H,1H3;1-10H;1-2H3. The van der Waals surface area contributed by atoms with E-state index in [0.717, 1.165) is 0 Å². The number of hydrogen-bond acceptors (Lipinski definition) is 0. The molecule has 0 heterocycles. The van der Waals surface area contributed by atoms with Gasteiger partial charge < -0.3 is 0 Å². The Hall–Kier alpha value is -6.24. The van der Waals surface area contributed by atoms with E-state index >= 15 is 0 Å². The lowest BCUT2D eigenvalue weighted by molar-refractivity contribution is 1.46. The molecule has 0 fully saturated rings. The number of rotatable bonds is 4. The fraction of sp³-hybridized carbons (Fsp3) is 0.0943. The zero-order valence-electron chi connectivity index (χ0n) is 31.9. The van der Waals surface area contributed by atoms with Crippen LogP contribution >= 0.6 is 0 Å². The Morgan fingerprint density at radius 1 is 0.226 bits per heavy atom. The molecule has 0 aliphatic heterocycles. The third-order valence-corrected chi connectivity index (χ3v) is 8.39. The minimum absolute atomic E-state index is 1.28. The fourth-order valence-electron chi connectivity index (χ4n) is 5.61. The van der Waals surface area contributed by atoms with Gasteiger partial charge in [-0.15, -0.1) is 0 Å². The molecular formula is C53H52. The number of hydrogen-bond donors (Lipinski definition) is 0. The Morgan fingerprint density at radius 2 is 0.547 bits per heavy atom. The highest BCUT2D eigenvalue weighted by molar-refractivity contribution is 5.67. The molecule has 0 unspecified atom stereocenters. The predicted molar refractivity (Wildman–Crippen MR) is 233 cm³/mol. The fourth-order valence-corrected chi connectivity index (χ4v) is 5.61. The second-order valence-corrected chi connectivity index (χ2v) is 12.4. The van der Waals surface area contributed by atoms with Gasteiger partial charge in [-0.3, -0.25) is 0 Å². The molecule has 0 amide bonds. The van der Waals surface area contributed by atoms with E-state index in [1.54, 1.807) is 0 Å². The Kier molecular flexibility index (Phi) is 16.8. The van der Waals surface area contributed by atoms with Gasteiger partial charge in [0.15, 0.2) is 0 Å². The van der Waals surface area contributed by atoms with Crippen LogP contribution < -0.4 is 0 Å². The predicted octanol–water partition coefficient (Wildman–Crippen LogP) is 15.4.